The molecular weight excluding hydrogens is 764 g/mol. The molecular formula is C48H73ClN4O6. The van der Waals surface area contributed by atoms with Crippen molar-refractivity contribution in [1.82, 2.24) is 19.8 Å². The molecule has 0 radical (unpaired) electrons. The number of ether oxygens (including phenoxy) is 1. The van der Waals surface area contributed by atoms with Crippen LogP contribution in [-0.2, 0) is 24.7 Å². The molecule has 1 aromatic rings. The van der Waals surface area contributed by atoms with Crippen molar-refractivity contribution in [3.05, 3.63) is 34.4 Å². The number of rotatable bonds is 13. The van der Waals surface area contributed by atoms with E-state index in [1.807, 2.05) is 0 Å². The van der Waals surface area contributed by atoms with Crippen LogP contribution in [0.5, 0.6) is 0 Å². The lowest BCUT2D eigenvalue weighted by molar-refractivity contribution is -0.235. The minimum absolute atomic E-state index is 0.0197. The number of aliphatic hydroxyl groups excluding tert-OH is 1. The van der Waals surface area contributed by atoms with Gasteiger partial charge in [0.15, 0.2) is 5.78 Å². The molecule has 1 heterocycles. The van der Waals surface area contributed by atoms with E-state index in [0.717, 1.165) is 88.7 Å². The number of carboxylic acids is 1. The van der Waals surface area contributed by atoms with Gasteiger partial charge in [-0.3, -0.25) is 19.3 Å². The molecule has 6 aliphatic rings. The summed E-state index contributed by atoms with van der Waals surface area (Å²) in [7, 11) is 4.16. The van der Waals surface area contributed by atoms with Crippen LogP contribution in [0.1, 0.15) is 145 Å². The number of esters is 1. The van der Waals surface area contributed by atoms with Crippen LogP contribution >= 0.6 is 11.6 Å². The molecule has 59 heavy (non-hydrogen) atoms. The molecule has 2 N–H and O–H groups in total. The van der Waals surface area contributed by atoms with Crippen LogP contribution in [0.25, 0.3) is 0 Å². The normalized spacial score (nSPS) is 36.5. The third kappa shape index (κ3) is 7.04. The smallest absolute Gasteiger partial charge is 0.309 e. The molecule has 0 bridgehead atoms. The van der Waals surface area contributed by atoms with E-state index >= 15 is 0 Å². The SMILES string of the molecule is CC(C)C1=C2[C@H]3CC[C@@H]4[C@@]5(C)CC[C@H](OC(=O)CC(C)(C)C(=O)O)C(C)(C)[C@@H]5CC[C@@]4(C)[C@]3(C)CC[C@@]2([C@H](O)CN(CCN(C)C)C2(c3ncc(Cl)cn3)CC2)CC1=O. The zero-order valence-electron chi connectivity index (χ0n) is 37.9. The quantitative estimate of drug-likeness (QED) is 0.186. The average molecular weight is 838 g/mol. The van der Waals surface area contributed by atoms with Crippen molar-refractivity contribution in [3.8, 4) is 0 Å². The maximum absolute atomic E-state index is 14.4. The second kappa shape index (κ2) is 15.1. The Kier molecular flexibility index (Phi) is 11.5. The third-order valence-electron chi connectivity index (χ3n) is 18.1. The van der Waals surface area contributed by atoms with Crippen molar-refractivity contribution < 1.29 is 29.3 Å². The topological polar surface area (TPSA) is 133 Å². The molecule has 0 aliphatic heterocycles. The van der Waals surface area contributed by atoms with E-state index in [-0.39, 0.29) is 57.3 Å². The number of aromatic nitrogens is 2. The number of halogens is 1. The summed E-state index contributed by atoms with van der Waals surface area (Å²) >= 11 is 6.23. The molecule has 0 unspecified atom stereocenters. The fourth-order valence-electron chi connectivity index (χ4n) is 14.4. The van der Waals surface area contributed by atoms with Crippen LogP contribution in [0.2, 0.25) is 5.02 Å². The Morgan fingerprint density at radius 3 is 2.17 bits per heavy atom. The van der Waals surface area contributed by atoms with Crippen LogP contribution in [0.4, 0.5) is 0 Å². The highest BCUT2D eigenvalue weighted by Crippen LogP contribution is 2.77. The van der Waals surface area contributed by atoms with E-state index in [2.05, 4.69) is 72.4 Å². The lowest BCUT2D eigenvalue weighted by Crippen LogP contribution is -2.66. The molecule has 9 atom stereocenters. The maximum Gasteiger partial charge on any atom is 0.309 e. The van der Waals surface area contributed by atoms with Crippen molar-refractivity contribution in [2.24, 2.45) is 56.2 Å². The molecule has 0 amide bonds. The number of carbonyl (C=O) groups is 3. The molecule has 328 valence electrons. The maximum atomic E-state index is 14.4. The summed E-state index contributed by atoms with van der Waals surface area (Å²) in [5.41, 5.74) is -0.117. The number of aliphatic hydroxyl groups is 1. The van der Waals surface area contributed by atoms with Crippen molar-refractivity contribution in [1.29, 1.82) is 0 Å². The number of carbonyl (C=O) groups excluding carboxylic acids is 2. The first-order chi connectivity index (χ1) is 27.4. The summed E-state index contributed by atoms with van der Waals surface area (Å²) in [6, 6.07) is 0. The van der Waals surface area contributed by atoms with E-state index in [9.17, 15) is 24.6 Å². The molecule has 5 saturated carbocycles. The van der Waals surface area contributed by atoms with Crippen molar-refractivity contribution in [2.45, 2.75) is 157 Å². The summed E-state index contributed by atoms with van der Waals surface area (Å²) in [5.74, 6) is 0.671. The van der Waals surface area contributed by atoms with Gasteiger partial charge in [-0.15, -0.1) is 0 Å². The van der Waals surface area contributed by atoms with Gasteiger partial charge in [0.2, 0.25) is 0 Å². The average Bonchev–Trinajstić information content (AvgIpc) is 3.88. The summed E-state index contributed by atoms with van der Waals surface area (Å²) in [5, 5.41) is 23.1. The number of carboxylic acid groups (broad SMARTS) is 1. The minimum Gasteiger partial charge on any atom is -0.481 e. The van der Waals surface area contributed by atoms with Gasteiger partial charge in [-0.25, -0.2) is 9.97 Å². The first-order valence-electron chi connectivity index (χ1n) is 22.7. The highest BCUT2D eigenvalue weighted by Gasteiger charge is 2.71. The van der Waals surface area contributed by atoms with Gasteiger partial charge in [0, 0.05) is 49.3 Å². The zero-order valence-corrected chi connectivity index (χ0v) is 38.7. The Bertz CT molecular complexity index is 1860. The van der Waals surface area contributed by atoms with Crippen LogP contribution in [0.3, 0.4) is 0 Å². The Morgan fingerprint density at radius 2 is 1.58 bits per heavy atom. The summed E-state index contributed by atoms with van der Waals surface area (Å²) in [4.78, 5) is 53.4. The zero-order chi connectivity index (χ0) is 43.3. The van der Waals surface area contributed by atoms with Crippen LogP contribution < -0.4 is 0 Å². The van der Waals surface area contributed by atoms with E-state index in [1.165, 1.54) is 5.57 Å². The molecule has 7 rings (SSSR count). The predicted octanol–water partition coefficient (Wildman–Crippen LogP) is 8.74. The number of allylic oxidation sites excluding steroid dienone is 1. The Hall–Kier alpha value is -2.40. The highest BCUT2D eigenvalue weighted by atomic mass is 35.5. The summed E-state index contributed by atoms with van der Waals surface area (Å²) in [6.07, 6.45) is 12.1. The van der Waals surface area contributed by atoms with Gasteiger partial charge in [-0.2, -0.15) is 0 Å². The number of aliphatic carboxylic acids is 1. The van der Waals surface area contributed by atoms with Gasteiger partial charge < -0.3 is 19.8 Å². The number of hydrogen-bond donors (Lipinski definition) is 2. The first kappa shape index (κ1) is 44.6. The molecule has 0 aromatic carbocycles. The Balaban J connectivity index is 1.18. The van der Waals surface area contributed by atoms with Crippen LogP contribution in [0.15, 0.2) is 23.5 Å². The van der Waals surface area contributed by atoms with Gasteiger partial charge in [-0.05, 0) is 138 Å². The van der Waals surface area contributed by atoms with Crippen LogP contribution in [0, 0.1) is 56.2 Å². The predicted molar refractivity (Wildman–Crippen MR) is 229 cm³/mol. The second-order valence-corrected chi connectivity index (χ2v) is 23.0. The lowest BCUT2D eigenvalue weighted by atomic mass is 9.33. The van der Waals surface area contributed by atoms with Gasteiger partial charge in [0.05, 0.1) is 28.5 Å². The number of nitrogens with zero attached hydrogens (tertiary/aromatic N) is 4. The van der Waals surface area contributed by atoms with Crippen molar-refractivity contribution >= 4 is 29.3 Å². The molecule has 6 aliphatic carbocycles. The fourth-order valence-corrected chi connectivity index (χ4v) is 14.5. The first-order valence-corrected chi connectivity index (χ1v) is 23.0. The van der Waals surface area contributed by atoms with E-state index < -0.39 is 28.9 Å². The molecule has 10 nitrogen and oxygen atoms in total. The molecule has 0 saturated heterocycles. The Labute approximate surface area is 358 Å². The minimum atomic E-state index is -1.18. The Morgan fingerprint density at radius 1 is 0.915 bits per heavy atom. The standard InChI is InChI=1S/C48H73ClN4O6/c1-29(2)38-32(54)24-47(35(55)28-53(23-22-52(10)11)48(20-21-48)40-50-26-30(49)27-51-40)19-18-45(8)31(39(38)47)12-13-34-44(7)16-15-36(59-37(56)25-42(3,4)41(57)58)43(5,6)33(44)14-17-46(34,45)9/h26-27,29,31,33-36,55H,12-25,28H2,1-11H3,(H,57,58)/t31-,33+,34-,35-,36+,44+,45-,46-,47+/m1/s1. The second-order valence-electron chi connectivity index (χ2n) is 22.6. The van der Waals surface area contributed by atoms with E-state index in [4.69, 9.17) is 26.3 Å². The molecule has 5 fully saturated rings. The largest absolute Gasteiger partial charge is 0.481 e. The molecule has 0 spiro atoms. The van der Waals surface area contributed by atoms with E-state index in [0.29, 0.717) is 29.8 Å². The number of fused-ring (bicyclic) bond motifs is 7. The van der Waals surface area contributed by atoms with Gasteiger partial charge in [-0.1, -0.05) is 65.6 Å². The molecule has 11 heteroatoms. The monoisotopic (exact) mass is 837 g/mol. The summed E-state index contributed by atoms with van der Waals surface area (Å²) < 4.78 is 6.21. The van der Waals surface area contributed by atoms with Crippen molar-refractivity contribution in [3.63, 3.8) is 0 Å². The molecule has 1 aromatic heterocycles. The number of hydrogen-bond acceptors (Lipinski definition) is 9. The van der Waals surface area contributed by atoms with Gasteiger partial charge >= 0.3 is 11.9 Å². The van der Waals surface area contributed by atoms with Gasteiger partial charge in [0.1, 0.15) is 11.9 Å². The number of Topliss-reactive ketones (excluding diaryl/α,β-unsaturated/α-hetero) is 1. The lowest BCUT2D eigenvalue weighted by Gasteiger charge is -2.72. The number of ketones is 1. The highest BCUT2D eigenvalue weighted by molar-refractivity contribution is 6.30. The van der Waals surface area contributed by atoms with Gasteiger partial charge in [0.25, 0.3) is 0 Å². The number of likely N-dealkylation sites (N-methyl/N-ethyl adjacent to an activating group) is 1. The van der Waals surface area contributed by atoms with Crippen LogP contribution in [-0.4, -0.2) is 93.6 Å². The third-order valence-corrected chi connectivity index (χ3v) is 18.3. The van der Waals surface area contributed by atoms with E-state index in [1.54, 1.807) is 26.2 Å². The summed E-state index contributed by atoms with van der Waals surface area (Å²) in [6.45, 7) is 21.7. The van der Waals surface area contributed by atoms with Crippen molar-refractivity contribution in [2.75, 3.05) is 33.7 Å². The fraction of sp³-hybridized carbons (Fsp3) is 0.812.